The van der Waals surface area contributed by atoms with E-state index in [2.05, 4.69) is 9.78 Å². The van der Waals surface area contributed by atoms with Gasteiger partial charge >= 0.3 is 11.9 Å². The number of carbonyl (C=O) groups is 3. The third kappa shape index (κ3) is 5.76. The van der Waals surface area contributed by atoms with Crippen LogP contribution in [0.25, 0.3) is 0 Å². The van der Waals surface area contributed by atoms with Gasteiger partial charge in [-0.1, -0.05) is 0 Å². The van der Waals surface area contributed by atoms with Crippen LogP contribution in [-0.4, -0.2) is 40.1 Å². The molecular formula is C8H12O7. The molecule has 2 N–H and O–H groups in total. The van der Waals surface area contributed by atoms with Gasteiger partial charge in [-0.25, -0.2) is 19.4 Å². The lowest BCUT2D eigenvalue weighted by atomic mass is 10.2. The van der Waals surface area contributed by atoms with Crippen LogP contribution >= 0.6 is 0 Å². The highest BCUT2D eigenvalue weighted by atomic mass is 17.2. The monoisotopic (exact) mass is 220 g/mol. The topological polar surface area (TPSA) is 110 Å². The van der Waals surface area contributed by atoms with Gasteiger partial charge in [0.15, 0.2) is 6.10 Å². The number of aliphatic hydroxyl groups is 2. The Labute approximate surface area is 85.5 Å². The first kappa shape index (κ1) is 13.5. The highest BCUT2D eigenvalue weighted by molar-refractivity contribution is 6.33. The fraction of sp³-hybridized carbons (Fsp3) is 0.625. The summed E-state index contributed by atoms with van der Waals surface area (Å²) in [7, 11) is 0. The molecule has 0 spiro atoms. The summed E-state index contributed by atoms with van der Waals surface area (Å²) in [5, 5.41) is 17.4. The highest BCUT2D eigenvalue weighted by Gasteiger charge is 2.21. The first-order valence-electron chi connectivity index (χ1n) is 4.16. The van der Waals surface area contributed by atoms with Crippen molar-refractivity contribution in [2.24, 2.45) is 0 Å². The zero-order valence-electron chi connectivity index (χ0n) is 8.30. The maximum Gasteiger partial charge on any atom is 0.421 e. The van der Waals surface area contributed by atoms with E-state index in [-0.39, 0.29) is 0 Å². The van der Waals surface area contributed by atoms with Gasteiger partial charge in [-0.2, -0.15) is 0 Å². The van der Waals surface area contributed by atoms with E-state index in [4.69, 9.17) is 10.2 Å². The molecule has 0 saturated carbocycles. The summed E-state index contributed by atoms with van der Waals surface area (Å²) in [6.07, 6.45) is -2.87. The molecule has 0 aliphatic rings. The standard InChI is InChI=1S/C8H12O7/c1-4(9)3-6(11)8(13)15-14-7(12)5(2)10/h4-5,9-10H,3H2,1-2H3. The molecule has 0 bridgehead atoms. The average molecular weight is 220 g/mol. The molecule has 0 aromatic heterocycles. The molecular weight excluding hydrogens is 208 g/mol. The fourth-order valence-electron chi connectivity index (χ4n) is 0.547. The van der Waals surface area contributed by atoms with E-state index >= 15 is 0 Å². The molecule has 0 amide bonds. The maximum absolute atomic E-state index is 10.8. The second-order valence-electron chi connectivity index (χ2n) is 2.93. The number of ketones is 1. The van der Waals surface area contributed by atoms with Crippen LogP contribution < -0.4 is 0 Å². The van der Waals surface area contributed by atoms with E-state index in [1.54, 1.807) is 0 Å². The van der Waals surface area contributed by atoms with E-state index < -0.39 is 36.4 Å². The van der Waals surface area contributed by atoms with Crippen LogP contribution in [0.3, 0.4) is 0 Å². The molecule has 0 rings (SSSR count). The van der Waals surface area contributed by atoms with Crippen molar-refractivity contribution < 1.29 is 34.4 Å². The Morgan fingerprint density at radius 2 is 1.67 bits per heavy atom. The van der Waals surface area contributed by atoms with Crippen LogP contribution in [0.2, 0.25) is 0 Å². The lowest BCUT2D eigenvalue weighted by Crippen LogP contribution is -2.26. The summed E-state index contributed by atoms with van der Waals surface area (Å²) in [6, 6.07) is 0. The molecule has 2 atom stereocenters. The van der Waals surface area contributed by atoms with Crippen LogP contribution in [-0.2, 0) is 24.2 Å². The molecule has 0 radical (unpaired) electrons. The van der Waals surface area contributed by atoms with Gasteiger partial charge < -0.3 is 10.2 Å². The summed E-state index contributed by atoms with van der Waals surface area (Å²) in [4.78, 5) is 39.8. The van der Waals surface area contributed by atoms with E-state index in [9.17, 15) is 14.4 Å². The SMILES string of the molecule is CC(O)CC(=O)C(=O)OOC(=O)C(C)O. The quantitative estimate of drug-likeness (QED) is 0.344. The zero-order chi connectivity index (χ0) is 12.0. The lowest BCUT2D eigenvalue weighted by Gasteiger charge is -2.04. The Bertz CT molecular complexity index is 256. The largest absolute Gasteiger partial charge is 0.421 e. The first-order chi connectivity index (χ1) is 6.84. The van der Waals surface area contributed by atoms with Crippen molar-refractivity contribution in [3.63, 3.8) is 0 Å². The molecule has 7 heteroatoms. The van der Waals surface area contributed by atoms with Gasteiger partial charge in [0, 0.05) is 6.42 Å². The third-order valence-electron chi connectivity index (χ3n) is 1.25. The van der Waals surface area contributed by atoms with Crippen LogP contribution in [0.4, 0.5) is 0 Å². The van der Waals surface area contributed by atoms with Gasteiger partial charge in [-0.05, 0) is 13.8 Å². The molecule has 0 heterocycles. The van der Waals surface area contributed by atoms with Crippen molar-refractivity contribution in [2.45, 2.75) is 32.5 Å². The minimum Gasteiger partial charge on any atom is -0.393 e. The average Bonchev–Trinajstić information content (AvgIpc) is 2.12. The predicted molar refractivity (Wildman–Crippen MR) is 45.2 cm³/mol. The maximum atomic E-state index is 10.8. The van der Waals surface area contributed by atoms with Crippen LogP contribution in [0, 0.1) is 0 Å². The summed E-state index contributed by atoms with van der Waals surface area (Å²) in [5.41, 5.74) is 0. The van der Waals surface area contributed by atoms with Gasteiger partial charge in [0.1, 0.15) is 0 Å². The van der Waals surface area contributed by atoms with E-state index in [1.165, 1.54) is 6.92 Å². The molecule has 0 aliphatic heterocycles. The van der Waals surface area contributed by atoms with Gasteiger partial charge in [-0.3, -0.25) is 4.79 Å². The molecule has 0 aromatic rings. The Morgan fingerprint density at radius 1 is 1.13 bits per heavy atom. The molecule has 2 unspecified atom stereocenters. The van der Waals surface area contributed by atoms with Crippen molar-refractivity contribution in [1.82, 2.24) is 0 Å². The molecule has 86 valence electrons. The lowest BCUT2D eigenvalue weighted by molar-refractivity contribution is -0.261. The Kier molecular flexibility index (Phi) is 5.50. The predicted octanol–water partition coefficient (Wildman–Crippen LogP) is -1.29. The van der Waals surface area contributed by atoms with E-state index in [1.807, 2.05) is 0 Å². The van der Waals surface area contributed by atoms with Gasteiger partial charge in [0.25, 0.3) is 0 Å². The smallest absolute Gasteiger partial charge is 0.393 e. The Hall–Kier alpha value is -1.47. The van der Waals surface area contributed by atoms with Gasteiger partial charge in [0.05, 0.1) is 6.10 Å². The van der Waals surface area contributed by atoms with E-state index in [0.29, 0.717) is 0 Å². The van der Waals surface area contributed by atoms with Crippen molar-refractivity contribution in [3.8, 4) is 0 Å². The number of aliphatic hydroxyl groups excluding tert-OH is 2. The van der Waals surface area contributed by atoms with Crippen LogP contribution in [0.15, 0.2) is 0 Å². The molecule has 15 heavy (non-hydrogen) atoms. The fourth-order valence-corrected chi connectivity index (χ4v) is 0.547. The number of carbonyl (C=O) groups excluding carboxylic acids is 3. The number of rotatable bonds is 4. The van der Waals surface area contributed by atoms with Crippen molar-refractivity contribution >= 4 is 17.7 Å². The number of hydrogen-bond acceptors (Lipinski definition) is 7. The molecule has 0 fully saturated rings. The van der Waals surface area contributed by atoms with Crippen molar-refractivity contribution in [3.05, 3.63) is 0 Å². The number of hydrogen-bond donors (Lipinski definition) is 2. The van der Waals surface area contributed by atoms with Crippen molar-refractivity contribution in [1.29, 1.82) is 0 Å². The normalized spacial score (nSPS) is 13.9. The van der Waals surface area contributed by atoms with Gasteiger partial charge in [-0.15, -0.1) is 0 Å². The Balaban J connectivity index is 3.94. The number of Topliss-reactive ketones (excluding diaryl/α,β-unsaturated/α-hetero) is 1. The first-order valence-corrected chi connectivity index (χ1v) is 4.16. The molecule has 0 aromatic carbocycles. The highest BCUT2D eigenvalue weighted by Crippen LogP contribution is 1.96. The summed E-state index contributed by atoms with van der Waals surface area (Å²) >= 11 is 0. The van der Waals surface area contributed by atoms with Crippen molar-refractivity contribution in [2.75, 3.05) is 0 Å². The molecule has 0 aliphatic carbocycles. The van der Waals surface area contributed by atoms with Crippen LogP contribution in [0.1, 0.15) is 20.3 Å². The Morgan fingerprint density at radius 3 is 2.07 bits per heavy atom. The van der Waals surface area contributed by atoms with Crippen LogP contribution in [0.5, 0.6) is 0 Å². The minimum atomic E-state index is -1.45. The minimum absolute atomic E-state index is 0.426. The second kappa shape index (κ2) is 6.10. The van der Waals surface area contributed by atoms with Gasteiger partial charge in [0.2, 0.25) is 5.78 Å². The third-order valence-corrected chi connectivity index (χ3v) is 1.25. The summed E-state index contributed by atoms with van der Waals surface area (Å²) < 4.78 is 0. The van der Waals surface area contributed by atoms with E-state index in [0.717, 1.165) is 6.92 Å². The summed E-state index contributed by atoms with van der Waals surface area (Å²) in [5.74, 6) is -3.61. The molecule has 0 saturated heterocycles. The summed E-state index contributed by atoms with van der Waals surface area (Å²) in [6.45, 7) is 2.42. The zero-order valence-corrected chi connectivity index (χ0v) is 8.30. The molecule has 7 nitrogen and oxygen atoms in total. The second-order valence-corrected chi connectivity index (χ2v) is 2.93.